The number of ether oxygens (including phenoxy) is 1. The molecule has 0 heterocycles. The monoisotopic (exact) mass is 378 g/mol. The first-order valence-corrected chi connectivity index (χ1v) is 9.25. The Balaban J connectivity index is 2.76. The summed E-state index contributed by atoms with van der Waals surface area (Å²) in [6.07, 6.45) is 0.0877. The van der Waals surface area contributed by atoms with Crippen LogP contribution in [0.2, 0.25) is 0 Å². The zero-order valence-electron chi connectivity index (χ0n) is 12.6. The maximum atomic E-state index is 12.3. The van der Waals surface area contributed by atoms with Gasteiger partial charge in [0.15, 0.2) is 0 Å². The van der Waals surface area contributed by atoms with Gasteiger partial charge in [-0.05, 0) is 54.0 Å². The van der Waals surface area contributed by atoms with Crippen molar-refractivity contribution in [1.82, 2.24) is 10.0 Å². The highest BCUT2D eigenvalue weighted by molar-refractivity contribution is 9.10. The lowest BCUT2D eigenvalue weighted by molar-refractivity contribution is 0.0834. The molecule has 0 aromatic heterocycles. The Hall–Kier alpha value is -0.470. The van der Waals surface area contributed by atoms with E-state index in [0.717, 1.165) is 12.1 Å². The lowest BCUT2D eigenvalue weighted by Crippen LogP contribution is -2.28. The summed E-state index contributed by atoms with van der Waals surface area (Å²) in [6, 6.07) is 5.33. The summed E-state index contributed by atoms with van der Waals surface area (Å²) < 4.78 is 33.1. The van der Waals surface area contributed by atoms with Gasteiger partial charge < -0.3 is 10.1 Å². The van der Waals surface area contributed by atoms with Gasteiger partial charge in [0.05, 0.1) is 17.6 Å². The van der Waals surface area contributed by atoms with E-state index in [1.807, 2.05) is 26.8 Å². The maximum Gasteiger partial charge on any atom is 0.241 e. The zero-order chi connectivity index (χ0) is 15.9. The largest absolute Gasteiger partial charge is 0.377 e. The van der Waals surface area contributed by atoms with Crippen LogP contribution in [0.25, 0.3) is 0 Å². The molecule has 0 bridgehead atoms. The molecule has 0 radical (unpaired) electrons. The van der Waals surface area contributed by atoms with Gasteiger partial charge in [-0.25, -0.2) is 13.1 Å². The number of nitrogens with one attached hydrogen (secondary N) is 2. The highest BCUT2D eigenvalue weighted by atomic mass is 79.9. The topological polar surface area (TPSA) is 67.4 Å². The molecule has 5 nitrogen and oxygen atoms in total. The fourth-order valence-electron chi connectivity index (χ4n) is 1.68. The first kappa shape index (κ1) is 18.6. The maximum absolute atomic E-state index is 12.3. The van der Waals surface area contributed by atoms with Crippen molar-refractivity contribution in [2.45, 2.75) is 38.3 Å². The third kappa shape index (κ3) is 6.44. The van der Waals surface area contributed by atoms with Gasteiger partial charge in [0, 0.05) is 17.6 Å². The third-order valence-corrected chi connectivity index (χ3v) is 5.16. The van der Waals surface area contributed by atoms with Crippen molar-refractivity contribution in [3.63, 3.8) is 0 Å². The van der Waals surface area contributed by atoms with Crippen LogP contribution in [0.4, 0.5) is 0 Å². The van der Waals surface area contributed by atoms with Crippen molar-refractivity contribution in [3.05, 3.63) is 28.2 Å². The first-order chi connectivity index (χ1) is 9.86. The van der Waals surface area contributed by atoms with Crippen LogP contribution in [0.15, 0.2) is 27.6 Å². The van der Waals surface area contributed by atoms with Crippen LogP contribution in [-0.4, -0.2) is 34.2 Å². The molecule has 0 unspecified atom stereocenters. The second-order valence-corrected chi connectivity index (χ2v) is 7.45. The van der Waals surface area contributed by atoms with Crippen LogP contribution in [0, 0.1) is 0 Å². The molecule has 0 aliphatic rings. The van der Waals surface area contributed by atoms with Crippen molar-refractivity contribution in [2.75, 3.05) is 19.7 Å². The van der Waals surface area contributed by atoms with Crippen LogP contribution < -0.4 is 10.0 Å². The average molecular weight is 379 g/mol. The fourth-order valence-corrected chi connectivity index (χ4v) is 3.71. The number of rotatable bonds is 9. The summed E-state index contributed by atoms with van der Waals surface area (Å²) in [7, 11) is -3.54. The van der Waals surface area contributed by atoms with Gasteiger partial charge in [-0.1, -0.05) is 13.0 Å². The van der Waals surface area contributed by atoms with Crippen molar-refractivity contribution in [2.24, 2.45) is 0 Å². The van der Waals surface area contributed by atoms with E-state index in [9.17, 15) is 8.42 Å². The van der Waals surface area contributed by atoms with Crippen LogP contribution in [-0.2, 0) is 21.3 Å². The minimum Gasteiger partial charge on any atom is -0.377 e. The van der Waals surface area contributed by atoms with Gasteiger partial charge in [-0.3, -0.25) is 0 Å². The first-order valence-electron chi connectivity index (χ1n) is 6.97. The van der Waals surface area contributed by atoms with E-state index in [4.69, 9.17) is 4.74 Å². The predicted octanol–water partition coefficient (Wildman–Crippen LogP) is 2.26. The Labute approximate surface area is 135 Å². The molecule has 1 rings (SSSR count). The van der Waals surface area contributed by atoms with Gasteiger partial charge in [-0.2, -0.15) is 0 Å². The lowest BCUT2D eigenvalue weighted by atomic mass is 10.2. The van der Waals surface area contributed by atoms with E-state index in [2.05, 4.69) is 26.0 Å². The van der Waals surface area contributed by atoms with E-state index in [-0.39, 0.29) is 17.5 Å². The van der Waals surface area contributed by atoms with Crippen molar-refractivity contribution in [1.29, 1.82) is 0 Å². The molecule has 0 spiro atoms. The van der Waals surface area contributed by atoms with Gasteiger partial charge in [0.2, 0.25) is 10.0 Å². The molecule has 0 aliphatic heterocycles. The standard InChI is InChI=1S/C14H23BrN2O3S/c1-4-16-10-12-5-6-13(15)14(9-12)21(18,19)17-7-8-20-11(2)3/h5-6,9,11,16-17H,4,7-8,10H2,1-3H3. The summed E-state index contributed by atoms with van der Waals surface area (Å²) in [5, 5.41) is 3.18. The Morgan fingerprint density at radius 3 is 2.67 bits per heavy atom. The summed E-state index contributed by atoms with van der Waals surface area (Å²) in [6.45, 7) is 7.92. The van der Waals surface area contributed by atoms with E-state index >= 15 is 0 Å². The normalized spacial score (nSPS) is 12.0. The number of hydrogen-bond donors (Lipinski definition) is 2. The molecule has 0 fully saturated rings. The highest BCUT2D eigenvalue weighted by Gasteiger charge is 2.17. The third-order valence-electron chi connectivity index (χ3n) is 2.71. The molecular weight excluding hydrogens is 356 g/mol. The molecule has 2 N–H and O–H groups in total. The lowest BCUT2D eigenvalue weighted by Gasteiger charge is -2.12. The molecule has 120 valence electrons. The second kappa shape index (κ2) is 8.85. The number of benzene rings is 1. The number of halogens is 1. The molecule has 0 atom stereocenters. The summed E-state index contributed by atoms with van der Waals surface area (Å²) in [5.74, 6) is 0. The summed E-state index contributed by atoms with van der Waals surface area (Å²) >= 11 is 3.30. The molecule has 1 aromatic rings. The molecular formula is C14H23BrN2O3S. The Morgan fingerprint density at radius 1 is 1.33 bits per heavy atom. The van der Waals surface area contributed by atoms with Gasteiger partial charge >= 0.3 is 0 Å². The summed E-state index contributed by atoms with van der Waals surface area (Å²) in [4.78, 5) is 0.252. The fraction of sp³-hybridized carbons (Fsp3) is 0.571. The minimum absolute atomic E-state index is 0.0877. The van der Waals surface area contributed by atoms with E-state index in [1.165, 1.54) is 0 Å². The number of sulfonamides is 1. The van der Waals surface area contributed by atoms with Crippen LogP contribution in [0.3, 0.4) is 0 Å². The van der Waals surface area contributed by atoms with Gasteiger partial charge in [0.1, 0.15) is 0 Å². The molecule has 0 aliphatic carbocycles. The molecule has 0 saturated carbocycles. The van der Waals surface area contributed by atoms with Crippen LogP contribution in [0.5, 0.6) is 0 Å². The summed E-state index contributed by atoms with van der Waals surface area (Å²) in [5.41, 5.74) is 0.929. The minimum atomic E-state index is -3.54. The smallest absolute Gasteiger partial charge is 0.241 e. The van der Waals surface area contributed by atoms with E-state index in [0.29, 0.717) is 17.6 Å². The Bertz CT molecular complexity index is 547. The molecule has 7 heteroatoms. The Morgan fingerprint density at radius 2 is 2.05 bits per heavy atom. The molecule has 0 saturated heterocycles. The van der Waals surface area contributed by atoms with Crippen LogP contribution in [0.1, 0.15) is 26.3 Å². The van der Waals surface area contributed by atoms with Crippen molar-refractivity contribution >= 4 is 26.0 Å². The quantitative estimate of drug-likeness (QED) is 0.646. The van der Waals surface area contributed by atoms with Crippen LogP contribution >= 0.6 is 15.9 Å². The molecule has 0 amide bonds. The Kier molecular flexibility index (Phi) is 7.83. The van der Waals surface area contributed by atoms with Gasteiger partial charge in [0.25, 0.3) is 0 Å². The molecule has 21 heavy (non-hydrogen) atoms. The predicted molar refractivity (Wildman–Crippen MR) is 87.8 cm³/mol. The van der Waals surface area contributed by atoms with Gasteiger partial charge in [-0.15, -0.1) is 0 Å². The zero-order valence-corrected chi connectivity index (χ0v) is 15.1. The van der Waals surface area contributed by atoms with Crippen molar-refractivity contribution < 1.29 is 13.2 Å². The highest BCUT2D eigenvalue weighted by Crippen LogP contribution is 2.23. The number of hydrogen-bond acceptors (Lipinski definition) is 4. The molecule has 1 aromatic carbocycles. The van der Waals surface area contributed by atoms with E-state index in [1.54, 1.807) is 12.1 Å². The van der Waals surface area contributed by atoms with E-state index < -0.39 is 10.0 Å². The van der Waals surface area contributed by atoms with Crippen molar-refractivity contribution in [3.8, 4) is 0 Å². The second-order valence-electron chi connectivity index (χ2n) is 4.86. The average Bonchev–Trinajstić information content (AvgIpc) is 2.42. The SMILES string of the molecule is CCNCc1ccc(Br)c(S(=O)(=O)NCCOC(C)C)c1.